The average molecular weight is 433 g/mol. The van der Waals surface area contributed by atoms with Gasteiger partial charge in [-0.3, -0.25) is 4.79 Å². The fraction of sp³-hybridized carbons (Fsp3) is 0.333. The number of ether oxygens (including phenoxy) is 1. The molecular weight excluding hydrogens is 411 g/mol. The van der Waals surface area contributed by atoms with E-state index in [1.54, 1.807) is 0 Å². The van der Waals surface area contributed by atoms with Gasteiger partial charge in [-0.25, -0.2) is 9.19 Å². The van der Waals surface area contributed by atoms with Crippen molar-refractivity contribution in [3.8, 4) is 5.75 Å². The Kier molecular flexibility index (Phi) is 9.05. The molecule has 2 atom stereocenters. The second-order valence-electron chi connectivity index (χ2n) is 5.46. The van der Waals surface area contributed by atoms with Crippen molar-refractivity contribution in [3.05, 3.63) is 42.2 Å². The maximum Gasteiger partial charge on any atom is 0.573 e. The summed E-state index contributed by atoms with van der Waals surface area (Å²) in [7, 11) is -1.77. The number of amides is 1. The lowest BCUT2D eigenvalue weighted by molar-refractivity contribution is -0.274. The molecule has 0 aliphatic rings. The Morgan fingerprint density at radius 2 is 1.86 bits per heavy atom. The number of aliphatic hydroxyl groups excluding tert-OH is 1. The minimum absolute atomic E-state index is 0.0139. The molecule has 11 heteroatoms. The van der Waals surface area contributed by atoms with Gasteiger partial charge >= 0.3 is 6.36 Å². The Hall–Kier alpha value is -2.66. The zero-order valence-corrected chi connectivity index (χ0v) is 16.8. The molecule has 1 aromatic heterocycles. The summed E-state index contributed by atoms with van der Waals surface area (Å²) in [5.41, 5.74) is 5.65. The van der Waals surface area contributed by atoms with E-state index in [-0.39, 0.29) is 27.7 Å². The van der Waals surface area contributed by atoms with E-state index in [4.69, 9.17) is 10.8 Å². The number of hydrogen-bond donors (Lipinski definition) is 3. The summed E-state index contributed by atoms with van der Waals surface area (Å²) in [6, 6.07) is 5.80. The summed E-state index contributed by atoms with van der Waals surface area (Å²) in [6.07, 6.45) is -4.38. The summed E-state index contributed by atoms with van der Waals surface area (Å²) in [4.78, 5) is 16.2. The second kappa shape index (κ2) is 10.8. The van der Waals surface area contributed by atoms with E-state index in [2.05, 4.69) is 15.0 Å². The van der Waals surface area contributed by atoms with Crippen molar-refractivity contribution in [2.45, 2.75) is 43.0 Å². The highest BCUT2D eigenvalue weighted by Gasteiger charge is 2.31. The van der Waals surface area contributed by atoms with Crippen molar-refractivity contribution in [1.82, 2.24) is 10.3 Å². The number of nitrogen functional groups attached to an aromatic ring is 1. The predicted octanol–water partition coefficient (Wildman–Crippen LogP) is 2.87. The van der Waals surface area contributed by atoms with Gasteiger partial charge in [-0.05, 0) is 37.3 Å². The van der Waals surface area contributed by atoms with Gasteiger partial charge in [-0.15, -0.1) is 13.2 Å². The minimum atomic E-state index is -4.82. The summed E-state index contributed by atoms with van der Waals surface area (Å²) in [5.74, 6) is -1.04. The number of nitrogens with two attached hydrogens (primary N) is 1. The van der Waals surface area contributed by atoms with Crippen LogP contribution < -0.4 is 15.8 Å². The predicted molar refractivity (Wildman–Crippen MR) is 102 cm³/mol. The molecule has 0 saturated heterocycles. The van der Waals surface area contributed by atoms with Crippen LogP contribution in [0.5, 0.6) is 5.75 Å². The molecule has 0 saturated carbocycles. The molecule has 0 spiro atoms. The highest BCUT2D eigenvalue weighted by molar-refractivity contribution is 7.85. The number of carbonyl (C=O) groups is 1. The van der Waals surface area contributed by atoms with Gasteiger partial charge in [0.25, 0.3) is 5.91 Å². The van der Waals surface area contributed by atoms with Gasteiger partial charge in [-0.2, -0.15) is 0 Å². The lowest BCUT2D eigenvalue weighted by Gasteiger charge is -2.10. The highest BCUT2D eigenvalue weighted by Crippen LogP contribution is 2.25. The topological polar surface area (TPSA) is 115 Å². The van der Waals surface area contributed by atoms with Gasteiger partial charge in [0.05, 0.1) is 27.5 Å². The molecule has 29 heavy (non-hydrogen) atoms. The van der Waals surface area contributed by atoms with E-state index in [1.807, 2.05) is 13.8 Å². The van der Waals surface area contributed by atoms with Gasteiger partial charge in [0.15, 0.2) is 5.69 Å². The molecule has 2 aromatic rings. The first-order valence-electron chi connectivity index (χ1n) is 8.56. The van der Waals surface area contributed by atoms with E-state index in [0.717, 1.165) is 12.1 Å². The van der Waals surface area contributed by atoms with E-state index < -0.39 is 34.9 Å². The third-order valence-electron chi connectivity index (χ3n) is 3.15. The van der Waals surface area contributed by atoms with Gasteiger partial charge < -0.3 is 20.9 Å². The zero-order valence-electron chi connectivity index (χ0n) is 16.0. The van der Waals surface area contributed by atoms with Gasteiger partial charge in [0.2, 0.25) is 0 Å². The molecule has 1 amide bonds. The molecule has 7 nitrogen and oxygen atoms in total. The van der Waals surface area contributed by atoms with Crippen molar-refractivity contribution in [2.75, 3.05) is 12.3 Å². The summed E-state index contributed by atoms with van der Waals surface area (Å²) in [6.45, 7) is 5.51. The zero-order chi connectivity index (χ0) is 22.2. The number of halogens is 3. The molecule has 0 radical (unpaired) electrons. The maximum absolute atomic E-state index is 12.5. The number of hydrogen-bond acceptors (Lipinski definition) is 6. The molecule has 0 fully saturated rings. The monoisotopic (exact) mass is 433 g/mol. The van der Waals surface area contributed by atoms with Crippen LogP contribution in [0.2, 0.25) is 0 Å². The average Bonchev–Trinajstić information content (AvgIpc) is 2.66. The van der Waals surface area contributed by atoms with Gasteiger partial charge in [0, 0.05) is 17.6 Å². The number of rotatable bonds is 6. The Labute approximate surface area is 168 Å². The number of nitrogens with zero attached hydrogens (tertiary/aromatic N) is 1. The van der Waals surface area contributed by atoms with E-state index >= 15 is 0 Å². The van der Waals surface area contributed by atoms with Crippen LogP contribution >= 0.6 is 0 Å². The van der Waals surface area contributed by atoms with E-state index in [1.165, 1.54) is 31.3 Å². The third kappa shape index (κ3) is 7.70. The molecular formula is C18H22F3N3O4S. The van der Waals surface area contributed by atoms with Crippen molar-refractivity contribution in [2.24, 2.45) is 0 Å². The fourth-order valence-corrected chi connectivity index (χ4v) is 3.02. The van der Waals surface area contributed by atoms with Crippen LogP contribution in [0, 0.1) is 0 Å². The molecule has 1 aromatic carbocycles. The van der Waals surface area contributed by atoms with E-state index in [9.17, 15) is 22.2 Å². The number of nitrogens with one attached hydrogen (secondary N) is 1. The molecule has 160 valence electrons. The summed E-state index contributed by atoms with van der Waals surface area (Å²) >= 11 is 0. The number of benzene rings is 1. The number of carbonyl (C=O) groups excluding carboxylic acids is 1. The molecule has 0 aliphatic heterocycles. The molecule has 4 N–H and O–H groups in total. The number of aromatic nitrogens is 1. The van der Waals surface area contributed by atoms with Crippen molar-refractivity contribution in [1.29, 1.82) is 0 Å². The van der Waals surface area contributed by atoms with E-state index in [0.29, 0.717) is 0 Å². The molecule has 1 heterocycles. The van der Waals surface area contributed by atoms with Crippen LogP contribution in [0.15, 0.2) is 46.3 Å². The highest BCUT2D eigenvalue weighted by atomic mass is 32.2. The first kappa shape index (κ1) is 24.4. The Bertz CT molecular complexity index is 843. The third-order valence-corrected chi connectivity index (χ3v) is 4.50. The van der Waals surface area contributed by atoms with Crippen molar-refractivity contribution < 1.29 is 32.0 Å². The molecule has 2 rings (SSSR count). The number of aliphatic hydroxyl groups is 1. The number of pyridine rings is 1. The van der Waals surface area contributed by atoms with Crippen LogP contribution in [0.4, 0.5) is 18.9 Å². The molecule has 2 unspecified atom stereocenters. The number of anilines is 1. The smallest absolute Gasteiger partial charge is 0.406 e. The van der Waals surface area contributed by atoms with Crippen LogP contribution in [-0.4, -0.2) is 39.2 Å². The lowest BCUT2D eigenvalue weighted by Crippen LogP contribution is -2.31. The quantitative estimate of drug-likeness (QED) is 0.645. The first-order chi connectivity index (χ1) is 13.6. The summed E-state index contributed by atoms with van der Waals surface area (Å²) < 4.78 is 52.7. The van der Waals surface area contributed by atoms with Crippen LogP contribution in [0.1, 0.15) is 31.3 Å². The standard InChI is InChI=1S/C16H16F3N3O4S.C2H6/c1-9(23)7-22-15(24)14-13(20)6-12(8-21-14)27(25)11-4-2-10(3-5-11)26-16(17,18)19;1-2/h2-6,8-9,23H,7,20H2,1H3,(H,22,24);1-2H3. The largest absolute Gasteiger partial charge is 0.573 e. The van der Waals surface area contributed by atoms with Crippen LogP contribution in [0.25, 0.3) is 0 Å². The van der Waals surface area contributed by atoms with Gasteiger partial charge in [-0.1, -0.05) is 13.8 Å². The first-order valence-corrected chi connectivity index (χ1v) is 9.71. The Morgan fingerprint density at radius 3 is 2.34 bits per heavy atom. The van der Waals surface area contributed by atoms with Crippen LogP contribution in [0.3, 0.4) is 0 Å². The maximum atomic E-state index is 12.5. The molecule has 0 aliphatic carbocycles. The lowest BCUT2D eigenvalue weighted by atomic mass is 10.3. The Balaban J connectivity index is 0.00000204. The second-order valence-corrected chi connectivity index (χ2v) is 6.94. The molecule has 0 bridgehead atoms. The number of alkyl halides is 3. The van der Waals surface area contributed by atoms with Crippen LogP contribution in [-0.2, 0) is 10.8 Å². The fourth-order valence-electron chi connectivity index (χ4n) is 1.98. The van der Waals surface area contributed by atoms with Crippen molar-refractivity contribution >= 4 is 22.4 Å². The SMILES string of the molecule is CC.CC(O)CNC(=O)c1ncc(S(=O)c2ccc(OC(F)(F)F)cc2)cc1N. The van der Waals surface area contributed by atoms with Gasteiger partial charge in [0.1, 0.15) is 5.75 Å². The summed E-state index contributed by atoms with van der Waals surface area (Å²) in [5, 5.41) is 11.6. The minimum Gasteiger partial charge on any atom is -0.406 e. The van der Waals surface area contributed by atoms with Crippen molar-refractivity contribution in [3.63, 3.8) is 0 Å². The Morgan fingerprint density at radius 1 is 1.28 bits per heavy atom. The normalized spacial score (nSPS) is 12.9.